The number of carbonyl (C=O) groups is 2. The minimum Gasteiger partial charge on any atom is -0.497 e. The van der Waals surface area contributed by atoms with Crippen molar-refractivity contribution >= 4 is 17.5 Å². The number of nitrogens with one attached hydrogen (secondary N) is 1. The molecular weight excluding hydrogens is 434 g/mol. The largest absolute Gasteiger partial charge is 0.497 e. The highest BCUT2D eigenvalue weighted by molar-refractivity contribution is 6.12. The second-order valence-corrected chi connectivity index (χ2v) is 9.11. The van der Waals surface area contributed by atoms with Crippen LogP contribution in [0.15, 0.2) is 53.1 Å². The minimum absolute atomic E-state index is 0.122. The number of aromatic nitrogens is 1. The van der Waals surface area contributed by atoms with Gasteiger partial charge in [-0.3, -0.25) is 14.5 Å². The van der Waals surface area contributed by atoms with Crippen LogP contribution in [0.3, 0.4) is 0 Å². The van der Waals surface area contributed by atoms with Crippen LogP contribution in [0, 0.1) is 0 Å². The van der Waals surface area contributed by atoms with Crippen LogP contribution in [-0.2, 0) is 11.3 Å². The van der Waals surface area contributed by atoms with E-state index in [1.807, 2.05) is 23.6 Å². The molecule has 3 heterocycles. The second kappa shape index (κ2) is 8.59. The Morgan fingerprint density at radius 2 is 1.74 bits per heavy atom. The lowest BCUT2D eigenvalue weighted by molar-refractivity contribution is -0.127. The summed E-state index contributed by atoms with van der Waals surface area (Å²) in [5.74, 6) is 1.27. The van der Waals surface area contributed by atoms with E-state index in [1.54, 1.807) is 55.7 Å². The van der Waals surface area contributed by atoms with Crippen LogP contribution in [0.1, 0.15) is 43.1 Å². The van der Waals surface area contributed by atoms with Gasteiger partial charge < -0.3 is 23.8 Å². The quantitative estimate of drug-likeness (QED) is 0.591. The van der Waals surface area contributed by atoms with Crippen molar-refractivity contribution in [3.63, 3.8) is 0 Å². The third-order valence-corrected chi connectivity index (χ3v) is 6.91. The van der Waals surface area contributed by atoms with Gasteiger partial charge in [0.15, 0.2) is 0 Å². The van der Waals surface area contributed by atoms with Gasteiger partial charge in [-0.1, -0.05) is 12.8 Å². The zero-order chi connectivity index (χ0) is 23.9. The highest BCUT2D eigenvalue weighted by Crippen LogP contribution is 2.39. The lowest BCUT2D eigenvalue weighted by atomic mass is 9.93. The van der Waals surface area contributed by atoms with Gasteiger partial charge in [0, 0.05) is 24.2 Å². The lowest BCUT2D eigenvalue weighted by Gasteiger charge is -2.44. The monoisotopic (exact) mass is 463 g/mol. The Bertz CT molecular complexity index is 1190. The smallest absolute Gasteiger partial charge is 0.275 e. The predicted octanol–water partition coefficient (Wildman–Crippen LogP) is 4.24. The Balaban J connectivity index is 1.63. The number of carbonyl (C=O) groups excluding carboxylic acids is 2. The Hall–Kier alpha value is -3.68. The van der Waals surface area contributed by atoms with E-state index in [2.05, 4.69) is 5.32 Å². The Kier molecular flexibility index (Phi) is 5.59. The fraction of sp³-hybridized carbons (Fsp3) is 0.385. The van der Waals surface area contributed by atoms with Crippen molar-refractivity contribution in [3.05, 3.63) is 54.4 Å². The molecule has 1 fully saturated rings. The normalized spacial score (nSPS) is 20.3. The van der Waals surface area contributed by atoms with E-state index in [9.17, 15) is 9.59 Å². The first-order valence-corrected chi connectivity index (χ1v) is 11.6. The molecule has 0 saturated heterocycles. The molecule has 0 unspecified atom stereocenters. The number of methoxy groups -OCH3 is 2. The third-order valence-electron chi connectivity index (χ3n) is 6.91. The highest BCUT2D eigenvalue weighted by Gasteiger charge is 2.49. The van der Waals surface area contributed by atoms with E-state index >= 15 is 0 Å². The molecule has 1 N–H and O–H groups in total. The molecule has 8 nitrogen and oxygen atoms in total. The Morgan fingerprint density at radius 3 is 2.35 bits per heavy atom. The molecule has 2 aromatic heterocycles. The molecule has 178 valence electrons. The topological polar surface area (TPSA) is 85.9 Å². The molecule has 1 aromatic carbocycles. The molecule has 1 aliphatic heterocycles. The number of furan rings is 1. The summed E-state index contributed by atoms with van der Waals surface area (Å²) in [6.07, 6.45) is 5.70. The summed E-state index contributed by atoms with van der Waals surface area (Å²) in [6, 6.07) is 12.7. The Morgan fingerprint density at radius 1 is 1.06 bits per heavy atom. The number of benzene rings is 1. The van der Waals surface area contributed by atoms with Gasteiger partial charge in [-0.15, -0.1) is 0 Å². The molecule has 2 amide bonds. The molecule has 2 aliphatic rings. The van der Waals surface area contributed by atoms with Gasteiger partial charge >= 0.3 is 0 Å². The first-order valence-electron chi connectivity index (χ1n) is 11.6. The van der Waals surface area contributed by atoms with Gasteiger partial charge in [0.2, 0.25) is 5.91 Å². The average Bonchev–Trinajstić information content (AvgIpc) is 3.60. The summed E-state index contributed by atoms with van der Waals surface area (Å²) in [7, 11) is 3.12. The van der Waals surface area contributed by atoms with E-state index in [-0.39, 0.29) is 24.4 Å². The molecule has 1 saturated carbocycles. The van der Waals surface area contributed by atoms with Crippen LogP contribution in [0.4, 0.5) is 5.69 Å². The van der Waals surface area contributed by atoms with Crippen LogP contribution >= 0.6 is 0 Å². The summed E-state index contributed by atoms with van der Waals surface area (Å²) in [5.41, 5.74) is 0.595. The number of nitrogens with zero attached hydrogens (tertiary/aromatic N) is 2. The van der Waals surface area contributed by atoms with E-state index in [4.69, 9.17) is 13.9 Å². The molecule has 0 bridgehead atoms. The number of rotatable bonds is 6. The molecule has 34 heavy (non-hydrogen) atoms. The van der Waals surface area contributed by atoms with Crippen LogP contribution in [0.2, 0.25) is 0 Å². The van der Waals surface area contributed by atoms with Crippen molar-refractivity contribution in [1.82, 2.24) is 9.88 Å². The second-order valence-electron chi connectivity index (χ2n) is 9.11. The first kappa shape index (κ1) is 22.1. The average molecular weight is 464 g/mol. The van der Waals surface area contributed by atoms with E-state index in [1.165, 1.54) is 0 Å². The van der Waals surface area contributed by atoms with Crippen molar-refractivity contribution in [2.75, 3.05) is 19.1 Å². The van der Waals surface area contributed by atoms with Gasteiger partial charge in [-0.2, -0.15) is 0 Å². The predicted molar refractivity (Wildman–Crippen MR) is 127 cm³/mol. The SMILES string of the molecule is COc1cc(OC)cc(N2C(=O)c3ccc(-c4ccco4)n3C[C@@]2(C)C(=O)NC2CCCC2)c1. The molecule has 1 aliphatic carbocycles. The van der Waals surface area contributed by atoms with E-state index in [0.717, 1.165) is 31.4 Å². The third kappa shape index (κ3) is 3.63. The van der Waals surface area contributed by atoms with Crippen molar-refractivity contribution < 1.29 is 23.5 Å². The summed E-state index contributed by atoms with van der Waals surface area (Å²) in [4.78, 5) is 29.4. The maximum Gasteiger partial charge on any atom is 0.275 e. The molecule has 3 aromatic rings. The molecule has 0 spiro atoms. The molecule has 8 heteroatoms. The van der Waals surface area contributed by atoms with Crippen LogP contribution < -0.4 is 19.7 Å². The number of hydrogen-bond donors (Lipinski definition) is 1. The maximum absolute atomic E-state index is 14.0. The fourth-order valence-corrected chi connectivity index (χ4v) is 5.09. The van der Waals surface area contributed by atoms with Crippen molar-refractivity contribution in [1.29, 1.82) is 0 Å². The summed E-state index contributed by atoms with van der Waals surface area (Å²) in [5, 5.41) is 3.21. The van der Waals surface area contributed by atoms with Crippen molar-refractivity contribution in [2.45, 2.75) is 50.7 Å². The summed E-state index contributed by atoms with van der Waals surface area (Å²) in [6.45, 7) is 2.09. The summed E-state index contributed by atoms with van der Waals surface area (Å²) < 4.78 is 18.4. The number of hydrogen-bond acceptors (Lipinski definition) is 5. The maximum atomic E-state index is 14.0. The number of fused-ring (bicyclic) bond motifs is 1. The van der Waals surface area contributed by atoms with Gasteiger partial charge in [0.25, 0.3) is 5.91 Å². The lowest BCUT2D eigenvalue weighted by Crippen LogP contribution is -2.65. The molecule has 0 radical (unpaired) electrons. The Labute approximate surface area is 198 Å². The number of ether oxygens (including phenoxy) is 2. The number of amides is 2. The standard InChI is InChI=1S/C26H29N3O5/c1-26(25(31)27-17-7-4-5-8-17)16-28-21(23-9-6-12-34-23)10-11-22(28)24(30)29(26)18-13-19(32-2)15-20(14-18)33-3/h6,9-15,17H,4-5,7-8,16H2,1-3H3,(H,27,31)/t26-/m0/s1. The van der Waals surface area contributed by atoms with Crippen molar-refractivity contribution in [2.24, 2.45) is 0 Å². The van der Waals surface area contributed by atoms with Crippen LogP contribution in [0.25, 0.3) is 11.5 Å². The number of anilines is 1. The van der Waals surface area contributed by atoms with E-state index < -0.39 is 5.54 Å². The van der Waals surface area contributed by atoms with Gasteiger partial charge in [-0.25, -0.2) is 0 Å². The highest BCUT2D eigenvalue weighted by atomic mass is 16.5. The van der Waals surface area contributed by atoms with Crippen molar-refractivity contribution in [3.8, 4) is 23.0 Å². The molecule has 1 atom stereocenters. The van der Waals surface area contributed by atoms with Gasteiger partial charge in [0.1, 0.15) is 28.5 Å². The minimum atomic E-state index is -1.19. The molecular formula is C26H29N3O5. The van der Waals surface area contributed by atoms with Gasteiger partial charge in [0.05, 0.1) is 38.4 Å². The fourth-order valence-electron chi connectivity index (χ4n) is 5.09. The molecule has 5 rings (SSSR count). The van der Waals surface area contributed by atoms with Gasteiger partial charge in [-0.05, 0) is 44.0 Å². The summed E-state index contributed by atoms with van der Waals surface area (Å²) >= 11 is 0. The zero-order valence-electron chi connectivity index (χ0n) is 19.7. The van der Waals surface area contributed by atoms with E-state index in [0.29, 0.717) is 28.6 Å². The first-order chi connectivity index (χ1) is 16.4. The zero-order valence-corrected chi connectivity index (χ0v) is 19.7. The van der Waals surface area contributed by atoms with Crippen LogP contribution in [-0.4, -0.2) is 42.2 Å². The van der Waals surface area contributed by atoms with Crippen LogP contribution in [0.5, 0.6) is 11.5 Å².